The second-order valence-electron chi connectivity index (χ2n) is 5.46. The van der Waals surface area contributed by atoms with E-state index in [1.165, 1.54) is 0 Å². The largest absolute Gasteiger partial charge is 0.481 e. The average Bonchev–Trinajstić information content (AvgIpc) is 2.63. The van der Waals surface area contributed by atoms with Crippen LogP contribution in [0.3, 0.4) is 0 Å². The lowest BCUT2D eigenvalue weighted by atomic mass is 9.85. The second-order valence-corrected chi connectivity index (χ2v) is 5.46. The molecule has 5 nitrogen and oxygen atoms in total. The van der Waals surface area contributed by atoms with Crippen molar-refractivity contribution < 1.29 is 14.7 Å². The first-order valence-corrected chi connectivity index (χ1v) is 6.25. The molecule has 1 saturated heterocycles. The number of aliphatic carboxylic acids is 1. The lowest BCUT2D eigenvalue weighted by Crippen LogP contribution is -2.62. The number of carbonyl (C=O) groups is 2. The number of nitrogens with zero attached hydrogens (tertiary/aromatic N) is 1. The van der Waals surface area contributed by atoms with Gasteiger partial charge >= 0.3 is 5.97 Å². The van der Waals surface area contributed by atoms with Crippen molar-refractivity contribution in [2.45, 2.75) is 38.1 Å². The van der Waals surface area contributed by atoms with E-state index in [2.05, 4.69) is 0 Å². The number of rotatable bonds is 3. The van der Waals surface area contributed by atoms with E-state index >= 15 is 0 Å². The van der Waals surface area contributed by atoms with Crippen LogP contribution in [0, 0.1) is 11.8 Å². The van der Waals surface area contributed by atoms with Gasteiger partial charge < -0.3 is 15.7 Å². The summed E-state index contributed by atoms with van der Waals surface area (Å²) in [6, 6.07) is 0. The molecule has 2 aliphatic rings. The topological polar surface area (TPSA) is 83.6 Å². The average molecular weight is 240 g/mol. The highest BCUT2D eigenvalue weighted by molar-refractivity contribution is 5.87. The van der Waals surface area contributed by atoms with Crippen molar-refractivity contribution in [1.82, 2.24) is 4.90 Å². The van der Waals surface area contributed by atoms with Crippen molar-refractivity contribution in [3.05, 3.63) is 0 Å². The first-order valence-electron chi connectivity index (χ1n) is 6.25. The molecule has 1 heterocycles. The van der Waals surface area contributed by atoms with Crippen molar-refractivity contribution in [1.29, 1.82) is 0 Å². The van der Waals surface area contributed by atoms with Gasteiger partial charge in [-0.05, 0) is 12.8 Å². The second kappa shape index (κ2) is 4.29. The van der Waals surface area contributed by atoms with Crippen molar-refractivity contribution >= 4 is 11.9 Å². The summed E-state index contributed by atoms with van der Waals surface area (Å²) >= 11 is 0. The summed E-state index contributed by atoms with van der Waals surface area (Å²) in [5.74, 6) is -1.06. The van der Waals surface area contributed by atoms with Gasteiger partial charge in [0.05, 0.1) is 11.5 Å². The van der Waals surface area contributed by atoms with E-state index in [1.807, 2.05) is 0 Å². The summed E-state index contributed by atoms with van der Waals surface area (Å²) in [5, 5.41) is 8.88. The van der Waals surface area contributed by atoms with Crippen LogP contribution in [0.2, 0.25) is 0 Å². The Labute approximate surface area is 101 Å². The molecule has 1 aliphatic heterocycles. The lowest BCUT2D eigenvalue weighted by molar-refractivity contribution is -0.153. The van der Waals surface area contributed by atoms with Crippen LogP contribution in [-0.2, 0) is 9.59 Å². The number of carbonyl (C=O) groups excluding carboxylic acids is 1. The quantitative estimate of drug-likeness (QED) is 0.749. The highest BCUT2D eigenvalue weighted by Gasteiger charge is 2.45. The maximum absolute atomic E-state index is 12.1. The van der Waals surface area contributed by atoms with Crippen LogP contribution in [0.1, 0.15) is 32.6 Å². The van der Waals surface area contributed by atoms with E-state index in [0.717, 1.165) is 25.7 Å². The molecule has 1 saturated carbocycles. The minimum Gasteiger partial charge on any atom is -0.481 e. The number of amides is 1. The molecule has 0 aromatic carbocycles. The summed E-state index contributed by atoms with van der Waals surface area (Å²) in [6.45, 7) is 2.79. The molecular weight excluding hydrogens is 220 g/mol. The van der Waals surface area contributed by atoms with E-state index in [4.69, 9.17) is 10.8 Å². The predicted octanol–water partition coefficient (Wildman–Crippen LogP) is 0.437. The van der Waals surface area contributed by atoms with Gasteiger partial charge in [-0.2, -0.15) is 0 Å². The number of nitrogens with two attached hydrogens (primary N) is 1. The molecule has 0 aromatic rings. The smallest absolute Gasteiger partial charge is 0.306 e. The van der Waals surface area contributed by atoms with Crippen molar-refractivity contribution in [2.75, 3.05) is 13.1 Å². The van der Waals surface area contributed by atoms with Crippen molar-refractivity contribution in [2.24, 2.45) is 17.6 Å². The Bertz CT molecular complexity index is 331. The summed E-state index contributed by atoms with van der Waals surface area (Å²) < 4.78 is 0. The fourth-order valence-corrected chi connectivity index (χ4v) is 2.73. The zero-order valence-corrected chi connectivity index (χ0v) is 10.2. The van der Waals surface area contributed by atoms with E-state index in [9.17, 15) is 9.59 Å². The molecule has 0 spiro atoms. The number of hydrogen-bond acceptors (Lipinski definition) is 3. The van der Waals surface area contributed by atoms with E-state index in [1.54, 1.807) is 11.8 Å². The zero-order valence-electron chi connectivity index (χ0n) is 10.2. The Kier molecular flexibility index (Phi) is 3.12. The molecule has 1 unspecified atom stereocenters. The van der Waals surface area contributed by atoms with E-state index in [0.29, 0.717) is 13.1 Å². The van der Waals surface area contributed by atoms with Crippen molar-refractivity contribution in [3.63, 3.8) is 0 Å². The Morgan fingerprint density at radius 1 is 1.35 bits per heavy atom. The molecule has 2 rings (SSSR count). The van der Waals surface area contributed by atoms with Gasteiger partial charge in [0.15, 0.2) is 0 Å². The standard InChI is InChI=1S/C12H20N2O3/c1-8(10(15)16)9-6-14(7-9)11(17)12(13)4-2-3-5-12/h8-9H,2-7,13H2,1H3,(H,15,16). The number of carboxylic acids is 1. The number of likely N-dealkylation sites (tertiary alicyclic amines) is 1. The summed E-state index contributed by atoms with van der Waals surface area (Å²) in [7, 11) is 0. The normalized spacial score (nSPS) is 25.4. The maximum atomic E-state index is 12.1. The molecule has 1 aliphatic carbocycles. The van der Waals surface area contributed by atoms with Gasteiger partial charge in [0, 0.05) is 19.0 Å². The van der Waals surface area contributed by atoms with Crippen LogP contribution in [-0.4, -0.2) is 40.5 Å². The molecule has 96 valence electrons. The molecule has 0 radical (unpaired) electrons. The molecule has 17 heavy (non-hydrogen) atoms. The Morgan fingerprint density at radius 2 is 1.88 bits per heavy atom. The number of carboxylic acid groups (broad SMARTS) is 1. The molecule has 1 atom stereocenters. The molecular formula is C12H20N2O3. The Balaban J connectivity index is 1.87. The minimum atomic E-state index is -0.787. The van der Waals surface area contributed by atoms with Gasteiger partial charge in [-0.3, -0.25) is 9.59 Å². The van der Waals surface area contributed by atoms with Crippen LogP contribution in [0.15, 0.2) is 0 Å². The van der Waals surface area contributed by atoms with Gasteiger partial charge in [0.1, 0.15) is 0 Å². The van der Waals surface area contributed by atoms with Crippen LogP contribution in [0.5, 0.6) is 0 Å². The zero-order chi connectivity index (χ0) is 12.6. The molecule has 5 heteroatoms. The highest BCUT2D eigenvalue weighted by Crippen LogP contribution is 2.33. The van der Waals surface area contributed by atoms with Crippen LogP contribution < -0.4 is 5.73 Å². The first-order chi connectivity index (χ1) is 7.94. The third-order valence-corrected chi connectivity index (χ3v) is 4.22. The fraction of sp³-hybridized carbons (Fsp3) is 0.833. The Hall–Kier alpha value is -1.10. The monoisotopic (exact) mass is 240 g/mol. The van der Waals surface area contributed by atoms with Gasteiger partial charge in [0.25, 0.3) is 0 Å². The van der Waals surface area contributed by atoms with Gasteiger partial charge in [-0.25, -0.2) is 0 Å². The first kappa shape index (κ1) is 12.4. The van der Waals surface area contributed by atoms with E-state index < -0.39 is 11.5 Å². The summed E-state index contributed by atoms with van der Waals surface area (Å²) in [6.07, 6.45) is 3.57. The number of hydrogen-bond donors (Lipinski definition) is 2. The SMILES string of the molecule is CC(C(=O)O)C1CN(C(=O)C2(N)CCCC2)C1. The molecule has 0 bridgehead atoms. The van der Waals surface area contributed by atoms with Crippen LogP contribution in [0.25, 0.3) is 0 Å². The lowest BCUT2D eigenvalue weighted by Gasteiger charge is -2.44. The minimum absolute atomic E-state index is 0.0174. The van der Waals surface area contributed by atoms with Crippen LogP contribution >= 0.6 is 0 Å². The van der Waals surface area contributed by atoms with Gasteiger partial charge in [0.2, 0.25) is 5.91 Å². The van der Waals surface area contributed by atoms with Crippen LogP contribution in [0.4, 0.5) is 0 Å². The van der Waals surface area contributed by atoms with E-state index in [-0.39, 0.29) is 17.7 Å². The predicted molar refractivity (Wildman–Crippen MR) is 62.3 cm³/mol. The Morgan fingerprint density at radius 3 is 2.35 bits per heavy atom. The van der Waals surface area contributed by atoms with Crippen molar-refractivity contribution in [3.8, 4) is 0 Å². The fourth-order valence-electron chi connectivity index (χ4n) is 2.73. The summed E-state index contributed by atoms with van der Waals surface area (Å²) in [5.41, 5.74) is 5.42. The highest BCUT2D eigenvalue weighted by atomic mass is 16.4. The maximum Gasteiger partial charge on any atom is 0.306 e. The van der Waals surface area contributed by atoms with Gasteiger partial charge in [-0.1, -0.05) is 19.8 Å². The summed E-state index contributed by atoms with van der Waals surface area (Å²) in [4.78, 5) is 24.7. The van der Waals surface area contributed by atoms with Gasteiger partial charge in [-0.15, -0.1) is 0 Å². The third kappa shape index (κ3) is 2.16. The molecule has 1 amide bonds. The third-order valence-electron chi connectivity index (χ3n) is 4.22. The molecule has 2 fully saturated rings. The molecule has 0 aromatic heterocycles. The molecule has 3 N–H and O–H groups in total.